The number of rotatable bonds is 18. The standard InChI is InChI=1S/C23H40N10O6/c1-12(2)8-17(22(38)39)33-21(37)16(9-13-10-28-11-30-13)32-20(36)15(5-6-18(25)34)31-19(35)14(24)4-3-7-29-23(26)27/h10-12,14-17H,3-9,24H2,1-2H3,(H2,25,34)(H,28,30)(H,31,35)(H,32,36)(H,33,37)(H,38,39)(H4,26,27,29). The van der Waals surface area contributed by atoms with E-state index in [1.807, 2.05) is 13.8 Å². The number of amides is 4. The van der Waals surface area contributed by atoms with Gasteiger partial charge in [-0.3, -0.25) is 24.2 Å². The summed E-state index contributed by atoms with van der Waals surface area (Å²) < 4.78 is 0. The molecule has 0 aliphatic heterocycles. The average Bonchev–Trinajstić information content (AvgIpc) is 3.35. The van der Waals surface area contributed by atoms with E-state index < -0.39 is 53.8 Å². The highest BCUT2D eigenvalue weighted by Gasteiger charge is 2.31. The van der Waals surface area contributed by atoms with E-state index >= 15 is 0 Å². The van der Waals surface area contributed by atoms with Crippen molar-refractivity contribution >= 4 is 35.6 Å². The zero-order valence-electron chi connectivity index (χ0n) is 22.2. The molecule has 1 rings (SSSR count). The van der Waals surface area contributed by atoms with Crippen LogP contribution in [-0.4, -0.2) is 81.3 Å². The summed E-state index contributed by atoms with van der Waals surface area (Å²) in [5, 5.41) is 17.0. The zero-order chi connectivity index (χ0) is 29.5. The Bertz CT molecular complexity index is 994. The molecule has 4 atom stereocenters. The third-order valence-corrected chi connectivity index (χ3v) is 5.55. The molecule has 0 aromatic carbocycles. The number of nitrogens with one attached hydrogen (secondary N) is 4. The minimum Gasteiger partial charge on any atom is -0.480 e. The summed E-state index contributed by atoms with van der Waals surface area (Å²) in [6.45, 7) is 3.88. The second-order valence-electron chi connectivity index (χ2n) is 9.49. The number of imidazole rings is 1. The molecular weight excluding hydrogens is 512 g/mol. The van der Waals surface area contributed by atoms with Crippen LogP contribution in [0.25, 0.3) is 0 Å². The van der Waals surface area contributed by atoms with Crippen molar-refractivity contribution in [3.8, 4) is 0 Å². The van der Waals surface area contributed by atoms with Crippen LogP contribution >= 0.6 is 0 Å². The van der Waals surface area contributed by atoms with Crippen molar-refractivity contribution in [2.45, 2.75) is 76.5 Å². The second kappa shape index (κ2) is 16.6. The number of aromatic nitrogens is 2. The van der Waals surface area contributed by atoms with Gasteiger partial charge in [-0.05, 0) is 31.6 Å². The number of H-pyrrole nitrogens is 1. The third-order valence-electron chi connectivity index (χ3n) is 5.55. The van der Waals surface area contributed by atoms with Gasteiger partial charge in [-0.25, -0.2) is 9.78 Å². The highest BCUT2D eigenvalue weighted by atomic mass is 16.4. The minimum absolute atomic E-state index is 0.0240. The monoisotopic (exact) mass is 552 g/mol. The lowest BCUT2D eigenvalue weighted by Gasteiger charge is -2.25. The number of hydrogen-bond donors (Lipinski definition) is 9. The molecule has 0 bridgehead atoms. The quantitative estimate of drug-likeness (QED) is 0.0511. The van der Waals surface area contributed by atoms with Gasteiger partial charge in [0.15, 0.2) is 5.96 Å². The Kier molecular flexibility index (Phi) is 14.0. The molecule has 0 aliphatic rings. The van der Waals surface area contributed by atoms with Crippen molar-refractivity contribution in [1.82, 2.24) is 25.9 Å². The molecule has 1 aromatic heterocycles. The van der Waals surface area contributed by atoms with Crippen LogP contribution in [0.4, 0.5) is 0 Å². The zero-order valence-corrected chi connectivity index (χ0v) is 22.2. The number of aromatic amines is 1. The molecule has 0 fully saturated rings. The van der Waals surface area contributed by atoms with Gasteiger partial charge in [0, 0.05) is 31.3 Å². The Balaban J connectivity index is 3.02. The normalized spacial score (nSPS) is 13.9. The summed E-state index contributed by atoms with van der Waals surface area (Å²) in [4.78, 5) is 72.5. The van der Waals surface area contributed by atoms with Gasteiger partial charge in [0.2, 0.25) is 23.6 Å². The van der Waals surface area contributed by atoms with Gasteiger partial charge in [0.1, 0.15) is 18.1 Å². The largest absolute Gasteiger partial charge is 0.480 e. The molecule has 16 nitrogen and oxygen atoms in total. The Labute approximate surface area is 226 Å². The van der Waals surface area contributed by atoms with Crippen LogP contribution in [0.3, 0.4) is 0 Å². The highest BCUT2D eigenvalue weighted by molar-refractivity contribution is 5.94. The summed E-state index contributed by atoms with van der Waals surface area (Å²) in [5.74, 6) is -4.23. The van der Waals surface area contributed by atoms with E-state index in [1.165, 1.54) is 12.5 Å². The number of guanidine groups is 1. The van der Waals surface area contributed by atoms with Crippen LogP contribution < -0.4 is 38.9 Å². The van der Waals surface area contributed by atoms with E-state index in [2.05, 4.69) is 30.9 Å². The Morgan fingerprint density at radius 1 is 0.974 bits per heavy atom. The van der Waals surface area contributed by atoms with Crippen LogP contribution in [0.5, 0.6) is 0 Å². The first-order valence-electron chi connectivity index (χ1n) is 12.5. The number of hydrogen-bond acceptors (Lipinski definition) is 8. The second-order valence-corrected chi connectivity index (χ2v) is 9.49. The van der Waals surface area contributed by atoms with Crippen molar-refractivity contribution in [3.05, 3.63) is 18.2 Å². The topological polar surface area (TPSA) is 287 Å². The molecule has 0 spiro atoms. The minimum atomic E-state index is -1.25. The summed E-state index contributed by atoms with van der Waals surface area (Å²) in [7, 11) is 0. The van der Waals surface area contributed by atoms with Crippen molar-refractivity contribution in [2.75, 3.05) is 6.54 Å². The van der Waals surface area contributed by atoms with E-state index in [0.29, 0.717) is 12.1 Å². The maximum absolute atomic E-state index is 13.2. The van der Waals surface area contributed by atoms with Crippen molar-refractivity contribution in [3.63, 3.8) is 0 Å². The number of nitrogens with two attached hydrogens (primary N) is 4. The lowest BCUT2D eigenvalue weighted by atomic mass is 10.0. The number of primary amides is 1. The maximum Gasteiger partial charge on any atom is 0.326 e. The first kappa shape index (κ1) is 32.8. The van der Waals surface area contributed by atoms with E-state index in [0.717, 1.165) is 0 Å². The number of aliphatic carboxylic acids is 1. The number of aliphatic imine (C=N–C) groups is 1. The van der Waals surface area contributed by atoms with Gasteiger partial charge in [0.05, 0.1) is 12.4 Å². The number of nitrogens with zero attached hydrogens (tertiary/aromatic N) is 2. The van der Waals surface area contributed by atoms with Crippen LogP contribution in [0.2, 0.25) is 0 Å². The van der Waals surface area contributed by atoms with Gasteiger partial charge in [-0.15, -0.1) is 0 Å². The molecule has 218 valence electrons. The Hall–Kier alpha value is -4.21. The molecular formula is C23H40N10O6. The fraction of sp³-hybridized carbons (Fsp3) is 0.609. The molecule has 0 saturated heterocycles. The predicted molar refractivity (Wildman–Crippen MR) is 141 cm³/mol. The van der Waals surface area contributed by atoms with E-state index in [4.69, 9.17) is 22.9 Å². The molecule has 4 unspecified atom stereocenters. The fourth-order valence-corrected chi connectivity index (χ4v) is 3.55. The molecule has 39 heavy (non-hydrogen) atoms. The highest BCUT2D eigenvalue weighted by Crippen LogP contribution is 2.08. The molecule has 4 amide bonds. The third kappa shape index (κ3) is 13.2. The maximum atomic E-state index is 13.2. The Morgan fingerprint density at radius 2 is 1.59 bits per heavy atom. The van der Waals surface area contributed by atoms with Crippen molar-refractivity contribution in [2.24, 2.45) is 33.8 Å². The smallest absolute Gasteiger partial charge is 0.326 e. The lowest BCUT2D eigenvalue weighted by molar-refractivity contribution is -0.142. The SMILES string of the molecule is CC(C)CC(NC(=O)C(Cc1cnc[nH]1)NC(=O)C(CCC(N)=O)NC(=O)C(N)CCCN=C(N)N)C(=O)O. The van der Waals surface area contributed by atoms with Crippen molar-refractivity contribution < 1.29 is 29.1 Å². The predicted octanol–water partition coefficient (Wildman–Crippen LogP) is -2.82. The van der Waals surface area contributed by atoms with Crippen molar-refractivity contribution in [1.29, 1.82) is 0 Å². The van der Waals surface area contributed by atoms with E-state index in [9.17, 15) is 29.1 Å². The molecule has 1 aromatic rings. The van der Waals surface area contributed by atoms with E-state index in [1.54, 1.807) is 0 Å². The van der Waals surface area contributed by atoms with Gasteiger partial charge >= 0.3 is 5.97 Å². The number of carboxylic acid groups (broad SMARTS) is 1. The first-order chi connectivity index (χ1) is 18.3. The molecule has 1 heterocycles. The van der Waals surface area contributed by atoms with Crippen LogP contribution in [0.15, 0.2) is 17.5 Å². The fourth-order valence-electron chi connectivity index (χ4n) is 3.55. The van der Waals surface area contributed by atoms with Gasteiger partial charge in [-0.2, -0.15) is 0 Å². The molecule has 16 heteroatoms. The molecule has 0 radical (unpaired) electrons. The molecule has 13 N–H and O–H groups in total. The molecule has 0 saturated carbocycles. The molecule has 0 aliphatic carbocycles. The number of carbonyl (C=O) groups excluding carboxylic acids is 4. The van der Waals surface area contributed by atoms with Crippen LogP contribution in [0, 0.1) is 5.92 Å². The number of carbonyl (C=O) groups is 5. The van der Waals surface area contributed by atoms with Gasteiger partial charge in [-0.1, -0.05) is 13.8 Å². The summed E-state index contributed by atoms with van der Waals surface area (Å²) in [5.41, 5.74) is 22.2. The van der Waals surface area contributed by atoms with Crippen LogP contribution in [0.1, 0.15) is 51.6 Å². The summed E-state index contributed by atoms with van der Waals surface area (Å²) in [6, 6.07) is -4.66. The Morgan fingerprint density at radius 3 is 2.13 bits per heavy atom. The van der Waals surface area contributed by atoms with Gasteiger partial charge in [0.25, 0.3) is 0 Å². The lowest BCUT2D eigenvalue weighted by Crippen LogP contribution is -2.57. The summed E-state index contributed by atoms with van der Waals surface area (Å²) >= 11 is 0. The number of carboxylic acids is 1. The van der Waals surface area contributed by atoms with Crippen LogP contribution in [-0.2, 0) is 30.4 Å². The first-order valence-corrected chi connectivity index (χ1v) is 12.5. The summed E-state index contributed by atoms with van der Waals surface area (Å²) in [6.07, 6.45) is 3.18. The van der Waals surface area contributed by atoms with Gasteiger partial charge < -0.3 is 49.0 Å². The van der Waals surface area contributed by atoms with E-state index in [-0.39, 0.29) is 50.5 Å². The average molecular weight is 553 g/mol.